The second kappa shape index (κ2) is 5.40. The zero-order valence-corrected chi connectivity index (χ0v) is 11.4. The third-order valence-electron chi connectivity index (χ3n) is 3.02. The van der Waals surface area contributed by atoms with Crippen LogP contribution in [0.2, 0.25) is 0 Å². The molecule has 0 saturated carbocycles. The fraction of sp³-hybridized carbons (Fsp3) is 0.0667. The summed E-state index contributed by atoms with van der Waals surface area (Å²) < 4.78 is 0. The van der Waals surface area contributed by atoms with Crippen LogP contribution in [-0.2, 0) is 4.79 Å². The van der Waals surface area contributed by atoms with Crippen LogP contribution in [0.3, 0.4) is 0 Å². The van der Waals surface area contributed by atoms with Crippen molar-refractivity contribution in [2.45, 2.75) is 6.04 Å². The maximum absolute atomic E-state index is 12.2. The van der Waals surface area contributed by atoms with Crippen molar-refractivity contribution in [3.63, 3.8) is 0 Å². The number of rotatable bonds is 3. The molecule has 1 amide bonds. The number of fused-ring (bicyclic) bond motifs is 1. The van der Waals surface area contributed by atoms with Gasteiger partial charge in [0.05, 0.1) is 11.2 Å². The van der Waals surface area contributed by atoms with Crippen LogP contribution in [0.4, 0.5) is 5.69 Å². The Balaban J connectivity index is 1.88. The van der Waals surface area contributed by atoms with E-state index in [0.29, 0.717) is 5.69 Å². The van der Waals surface area contributed by atoms with E-state index in [1.165, 1.54) is 11.3 Å². The van der Waals surface area contributed by atoms with Crippen LogP contribution in [0.15, 0.2) is 54.0 Å². The van der Waals surface area contributed by atoms with E-state index in [1.807, 2.05) is 47.8 Å². The average molecular weight is 283 g/mol. The van der Waals surface area contributed by atoms with Crippen LogP contribution in [0.25, 0.3) is 10.9 Å². The van der Waals surface area contributed by atoms with E-state index < -0.39 is 6.04 Å². The molecule has 0 aliphatic heterocycles. The van der Waals surface area contributed by atoms with Gasteiger partial charge in [-0.15, -0.1) is 11.3 Å². The third-order valence-corrected chi connectivity index (χ3v) is 3.98. The van der Waals surface area contributed by atoms with Crippen molar-refractivity contribution in [1.29, 1.82) is 0 Å². The van der Waals surface area contributed by atoms with E-state index >= 15 is 0 Å². The van der Waals surface area contributed by atoms with Crippen LogP contribution >= 0.6 is 11.3 Å². The number of nitrogens with one attached hydrogen (secondary N) is 1. The summed E-state index contributed by atoms with van der Waals surface area (Å²) in [6.45, 7) is 0. The van der Waals surface area contributed by atoms with Crippen molar-refractivity contribution < 1.29 is 4.79 Å². The molecule has 5 heteroatoms. The van der Waals surface area contributed by atoms with Gasteiger partial charge >= 0.3 is 0 Å². The molecule has 0 fully saturated rings. The molecule has 1 aromatic carbocycles. The molecule has 0 aliphatic carbocycles. The van der Waals surface area contributed by atoms with E-state index in [0.717, 1.165) is 15.8 Å². The molecule has 2 heterocycles. The number of amides is 1. The number of hydrogen-bond acceptors (Lipinski definition) is 4. The Morgan fingerprint density at radius 2 is 2.05 bits per heavy atom. The lowest BCUT2D eigenvalue weighted by atomic mass is 10.1. The van der Waals surface area contributed by atoms with Crippen LogP contribution < -0.4 is 11.1 Å². The molecule has 0 spiro atoms. The number of nitrogens with two attached hydrogens (primary N) is 1. The molecule has 3 N–H and O–H groups in total. The van der Waals surface area contributed by atoms with Crippen LogP contribution in [-0.4, -0.2) is 10.9 Å². The number of nitrogens with zero attached hydrogens (tertiary/aromatic N) is 1. The van der Waals surface area contributed by atoms with Crippen molar-refractivity contribution in [3.05, 3.63) is 58.9 Å². The Bertz CT molecular complexity index is 734. The summed E-state index contributed by atoms with van der Waals surface area (Å²) in [6, 6.07) is 12.6. The fourth-order valence-electron chi connectivity index (χ4n) is 2.01. The highest BCUT2D eigenvalue weighted by Gasteiger charge is 2.17. The number of carbonyl (C=O) groups is 1. The SMILES string of the molecule is NC(C(=O)Nc1cccc2cccnc12)c1cccs1. The van der Waals surface area contributed by atoms with E-state index in [-0.39, 0.29) is 5.91 Å². The molecule has 1 unspecified atom stereocenters. The highest BCUT2D eigenvalue weighted by atomic mass is 32.1. The monoisotopic (exact) mass is 283 g/mol. The van der Waals surface area contributed by atoms with Crippen molar-refractivity contribution in [1.82, 2.24) is 4.98 Å². The summed E-state index contributed by atoms with van der Waals surface area (Å²) in [4.78, 5) is 17.3. The molecule has 0 bridgehead atoms. The highest BCUT2D eigenvalue weighted by Crippen LogP contribution is 2.23. The highest BCUT2D eigenvalue weighted by molar-refractivity contribution is 7.10. The second-order valence-corrected chi connectivity index (χ2v) is 5.34. The lowest BCUT2D eigenvalue weighted by Crippen LogP contribution is -2.27. The zero-order chi connectivity index (χ0) is 13.9. The van der Waals surface area contributed by atoms with Gasteiger partial charge in [-0.05, 0) is 23.6 Å². The minimum atomic E-state index is -0.658. The topological polar surface area (TPSA) is 68.0 Å². The molecular weight excluding hydrogens is 270 g/mol. The van der Waals surface area contributed by atoms with Crippen molar-refractivity contribution in [2.24, 2.45) is 5.73 Å². The molecule has 2 aromatic heterocycles. The summed E-state index contributed by atoms with van der Waals surface area (Å²) in [6.07, 6.45) is 1.71. The van der Waals surface area contributed by atoms with Gasteiger partial charge in [0.15, 0.2) is 0 Å². The molecule has 0 aliphatic rings. The Morgan fingerprint density at radius 3 is 2.85 bits per heavy atom. The first-order chi connectivity index (χ1) is 9.75. The molecule has 3 aromatic rings. The fourth-order valence-corrected chi connectivity index (χ4v) is 2.74. The number of para-hydroxylation sites is 1. The predicted octanol–water partition coefficient (Wildman–Crippen LogP) is 2.93. The molecule has 0 radical (unpaired) electrons. The first-order valence-electron chi connectivity index (χ1n) is 6.19. The van der Waals surface area contributed by atoms with Gasteiger partial charge in [-0.1, -0.05) is 24.3 Å². The molecule has 20 heavy (non-hydrogen) atoms. The molecule has 1 atom stereocenters. The number of carbonyl (C=O) groups excluding carboxylic acids is 1. The zero-order valence-electron chi connectivity index (χ0n) is 10.6. The summed E-state index contributed by atoms with van der Waals surface area (Å²) in [5.41, 5.74) is 7.40. The molecule has 3 rings (SSSR count). The number of thiophene rings is 1. The maximum atomic E-state index is 12.2. The van der Waals surface area contributed by atoms with Crippen LogP contribution in [0.1, 0.15) is 10.9 Å². The van der Waals surface area contributed by atoms with Gasteiger partial charge in [0.2, 0.25) is 5.91 Å². The van der Waals surface area contributed by atoms with E-state index in [4.69, 9.17) is 5.73 Å². The number of aromatic nitrogens is 1. The maximum Gasteiger partial charge on any atom is 0.246 e. The van der Waals surface area contributed by atoms with Gasteiger partial charge in [0.1, 0.15) is 6.04 Å². The van der Waals surface area contributed by atoms with Gasteiger partial charge in [-0.3, -0.25) is 9.78 Å². The van der Waals surface area contributed by atoms with Gasteiger partial charge < -0.3 is 11.1 Å². The summed E-state index contributed by atoms with van der Waals surface area (Å²) in [7, 11) is 0. The van der Waals surface area contributed by atoms with Gasteiger partial charge in [0, 0.05) is 16.5 Å². The van der Waals surface area contributed by atoms with E-state index in [2.05, 4.69) is 10.3 Å². The smallest absolute Gasteiger partial charge is 0.246 e. The van der Waals surface area contributed by atoms with Gasteiger partial charge in [-0.25, -0.2) is 0 Å². The van der Waals surface area contributed by atoms with Crippen molar-refractivity contribution >= 4 is 33.8 Å². The Morgan fingerprint density at radius 1 is 1.20 bits per heavy atom. The summed E-state index contributed by atoms with van der Waals surface area (Å²) >= 11 is 1.47. The third kappa shape index (κ3) is 2.41. The average Bonchev–Trinajstić information content (AvgIpc) is 3.01. The molecule has 0 saturated heterocycles. The number of benzene rings is 1. The predicted molar refractivity (Wildman–Crippen MR) is 81.6 cm³/mol. The van der Waals surface area contributed by atoms with Crippen molar-refractivity contribution in [3.8, 4) is 0 Å². The first-order valence-corrected chi connectivity index (χ1v) is 7.07. The van der Waals surface area contributed by atoms with Gasteiger partial charge in [0.25, 0.3) is 0 Å². The number of anilines is 1. The molecular formula is C15H13N3OS. The van der Waals surface area contributed by atoms with E-state index in [1.54, 1.807) is 6.20 Å². The second-order valence-electron chi connectivity index (χ2n) is 4.36. The summed E-state index contributed by atoms with van der Waals surface area (Å²) in [5.74, 6) is -0.231. The Hall–Kier alpha value is -2.24. The molecule has 4 nitrogen and oxygen atoms in total. The standard InChI is InChI=1S/C15H13N3OS/c16-13(12-7-3-9-20-12)15(19)18-11-6-1-4-10-5-2-8-17-14(10)11/h1-9,13H,16H2,(H,18,19). The lowest BCUT2D eigenvalue weighted by Gasteiger charge is -2.12. The van der Waals surface area contributed by atoms with E-state index in [9.17, 15) is 4.79 Å². The first kappa shape index (κ1) is 12.8. The van der Waals surface area contributed by atoms with Crippen LogP contribution in [0.5, 0.6) is 0 Å². The minimum absolute atomic E-state index is 0.231. The Kier molecular flexibility index (Phi) is 3.45. The lowest BCUT2D eigenvalue weighted by molar-refractivity contribution is -0.117. The minimum Gasteiger partial charge on any atom is -0.323 e. The van der Waals surface area contributed by atoms with Crippen molar-refractivity contribution in [2.75, 3.05) is 5.32 Å². The number of pyridine rings is 1. The molecule has 100 valence electrons. The summed E-state index contributed by atoms with van der Waals surface area (Å²) in [5, 5.41) is 5.74. The number of hydrogen-bond donors (Lipinski definition) is 2. The quantitative estimate of drug-likeness (QED) is 0.776. The largest absolute Gasteiger partial charge is 0.323 e. The van der Waals surface area contributed by atoms with Gasteiger partial charge in [-0.2, -0.15) is 0 Å². The Labute approximate surface area is 120 Å². The normalized spacial score (nSPS) is 12.2. The van der Waals surface area contributed by atoms with Crippen LogP contribution in [0, 0.1) is 0 Å².